The van der Waals surface area contributed by atoms with Gasteiger partial charge < -0.3 is 64.2 Å². The molecule has 0 aromatic heterocycles. The Morgan fingerprint density at radius 3 is 1.48 bits per heavy atom. The van der Waals surface area contributed by atoms with Gasteiger partial charge in [-0.2, -0.15) is 0 Å². The van der Waals surface area contributed by atoms with E-state index in [0.717, 1.165) is 64.2 Å². The van der Waals surface area contributed by atoms with Crippen molar-refractivity contribution in [2.24, 2.45) is 0 Å². The van der Waals surface area contributed by atoms with Crippen LogP contribution in [0.2, 0.25) is 0 Å². The molecule has 11 unspecified atom stereocenters. The number of aliphatic hydroxyl groups is 7. The lowest BCUT2D eigenvalue weighted by molar-refractivity contribution is -0.332. The Kier molecular flexibility index (Phi) is 37.4. The highest BCUT2D eigenvalue weighted by molar-refractivity contribution is 5.69. The van der Waals surface area contributed by atoms with Gasteiger partial charge in [-0.25, -0.2) is 0 Å². The Hall–Kier alpha value is -1.79. The molecule has 0 radical (unpaired) electrons. The van der Waals surface area contributed by atoms with Crippen molar-refractivity contribution in [2.75, 3.05) is 33.0 Å². The van der Waals surface area contributed by atoms with Crippen molar-refractivity contribution in [3.05, 3.63) is 36.5 Å². The molecule has 0 bridgehead atoms. The fourth-order valence-electron chi connectivity index (χ4n) is 8.25. The first-order valence-electron chi connectivity index (χ1n) is 26.6. The fraction of sp³-hybridized carbons (Fsp3) is 0.868. The molecule has 0 aromatic carbocycles. The fourth-order valence-corrected chi connectivity index (χ4v) is 8.25. The number of carbonyl (C=O) groups is 1. The van der Waals surface area contributed by atoms with Crippen LogP contribution >= 0.6 is 0 Å². The third kappa shape index (κ3) is 28.6. The van der Waals surface area contributed by atoms with E-state index in [0.29, 0.717) is 13.0 Å². The quantitative estimate of drug-likeness (QED) is 0.0175. The van der Waals surface area contributed by atoms with E-state index in [-0.39, 0.29) is 25.6 Å². The first-order chi connectivity index (χ1) is 32.6. The molecule has 14 nitrogen and oxygen atoms in total. The molecule has 2 fully saturated rings. The molecule has 0 amide bonds. The molecule has 7 N–H and O–H groups in total. The van der Waals surface area contributed by atoms with Gasteiger partial charge in [-0.15, -0.1) is 0 Å². The van der Waals surface area contributed by atoms with Gasteiger partial charge in [0.1, 0.15) is 54.9 Å². The Labute approximate surface area is 404 Å². The number of esters is 1. The highest BCUT2D eigenvalue weighted by atomic mass is 16.7. The van der Waals surface area contributed by atoms with Gasteiger partial charge in [-0.3, -0.25) is 4.79 Å². The lowest BCUT2D eigenvalue weighted by Gasteiger charge is -2.42. The van der Waals surface area contributed by atoms with E-state index in [1.807, 2.05) is 0 Å². The van der Waals surface area contributed by atoms with Gasteiger partial charge in [0.05, 0.1) is 26.4 Å². The second kappa shape index (κ2) is 40.9. The van der Waals surface area contributed by atoms with Crippen LogP contribution in [0.1, 0.15) is 194 Å². The zero-order chi connectivity index (χ0) is 48.7. The molecule has 2 rings (SSSR count). The third-order valence-electron chi connectivity index (χ3n) is 12.6. The number of rotatable bonds is 42. The van der Waals surface area contributed by atoms with Crippen LogP contribution in [0.4, 0.5) is 0 Å². The van der Waals surface area contributed by atoms with E-state index < -0.39 is 80.7 Å². The summed E-state index contributed by atoms with van der Waals surface area (Å²) in [5.74, 6) is -0.386. The van der Waals surface area contributed by atoms with Crippen LogP contribution in [0.15, 0.2) is 36.5 Å². The van der Waals surface area contributed by atoms with Crippen molar-refractivity contribution in [2.45, 2.75) is 261 Å². The minimum atomic E-state index is -1.71. The second-order valence-corrected chi connectivity index (χ2v) is 18.7. The van der Waals surface area contributed by atoms with Gasteiger partial charge >= 0.3 is 5.97 Å². The molecule has 392 valence electrons. The minimum Gasteiger partial charge on any atom is -0.457 e. The topological polar surface area (TPSA) is 214 Å². The average molecular weight is 957 g/mol. The first-order valence-corrected chi connectivity index (χ1v) is 26.6. The zero-order valence-corrected chi connectivity index (χ0v) is 41.6. The summed E-state index contributed by atoms with van der Waals surface area (Å²) in [6, 6.07) is 0. The minimum absolute atomic E-state index is 0.0570. The zero-order valence-electron chi connectivity index (χ0n) is 41.6. The predicted octanol–water partition coefficient (Wildman–Crippen LogP) is 8.19. The van der Waals surface area contributed by atoms with E-state index in [9.17, 15) is 40.5 Å². The molecule has 67 heavy (non-hydrogen) atoms. The Morgan fingerprint density at radius 2 is 0.925 bits per heavy atom. The van der Waals surface area contributed by atoms with Crippen molar-refractivity contribution in [1.82, 2.24) is 0 Å². The Morgan fingerprint density at radius 1 is 0.493 bits per heavy atom. The summed E-state index contributed by atoms with van der Waals surface area (Å²) in [5.41, 5.74) is 0. The van der Waals surface area contributed by atoms with Crippen molar-refractivity contribution in [3.8, 4) is 0 Å². The largest absolute Gasteiger partial charge is 0.457 e. The van der Waals surface area contributed by atoms with Crippen molar-refractivity contribution >= 4 is 5.97 Å². The molecule has 2 heterocycles. The Balaban J connectivity index is 1.74. The van der Waals surface area contributed by atoms with E-state index >= 15 is 0 Å². The van der Waals surface area contributed by atoms with Gasteiger partial charge in [-0.05, 0) is 70.6 Å². The average Bonchev–Trinajstić information content (AvgIpc) is 3.32. The smallest absolute Gasteiger partial charge is 0.306 e. The standard InChI is InChI=1S/C53H96O14/c1-3-5-7-9-11-13-15-17-18-19-20-21-22-23-25-27-29-31-33-35-37-62-39-42(65-45(55)36-34-32-30-28-26-24-16-14-12-10-8-6-4-2)40-63-52-51(61)49(59)47(57)44(67-52)41-64-53-50(60)48(58)46(56)43(38-54)66-53/h11,13-14,16-18,42-44,46-54,56-61H,3-10,12,15,19-41H2,1-2H3/b13-11-,16-14-,18-17-. The van der Waals surface area contributed by atoms with Crippen LogP contribution in [0, 0.1) is 0 Å². The monoisotopic (exact) mass is 957 g/mol. The van der Waals surface area contributed by atoms with Gasteiger partial charge in [-0.1, -0.05) is 153 Å². The molecule has 0 aliphatic carbocycles. The van der Waals surface area contributed by atoms with Gasteiger partial charge in [0, 0.05) is 13.0 Å². The summed E-state index contributed by atoms with van der Waals surface area (Å²) in [5, 5.41) is 72.1. The van der Waals surface area contributed by atoms with Crippen molar-refractivity contribution < 1.29 is 69.0 Å². The second-order valence-electron chi connectivity index (χ2n) is 18.7. The van der Waals surface area contributed by atoms with Gasteiger partial charge in [0.15, 0.2) is 12.6 Å². The predicted molar refractivity (Wildman–Crippen MR) is 261 cm³/mol. The summed E-state index contributed by atoms with van der Waals surface area (Å²) in [6.07, 6.45) is 29.2. The van der Waals surface area contributed by atoms with Crippen molar-refractivity contribution in [1.29, 1.82) is 0 Å². The maximum atomic E-state index is 13.0. The number of unbranched alkanes of at least 4 members (excludes halogenated alkanes) is 22. The van der Waals surface area contributed by atoms with Gasteiger partial charge in [0.25, 0.3) is 0 Å². The number of hydrogen-bond acceptors (Lipinski definition) is 14. The van der Waals surface area contributed by atoms with Gasteiger partial charge in [0.2, 0.25) is 0 Å². The molecule has 11 atom stereocenters. The lowest BCUT2D eigenvalue weighted by Crippen LogP contribution is -2.61. The van der Waals surface area contributed by atoms with Crippen LogP contribution in [-0.4, -0.2) is 142 Å². The van der Waals surface area contributed by atoms with Crippen LogP contribution in [0.5, 0.6) is 0 Å². The molecule has 2 saturated heterocycles. The number of hydrogen-bond donors (Lipinski definition) is 7. The lowest BCUT2D eigenvalue weighted by atomic mass is 9.98. The van der Waals surface area contributed by atoms with E-state index in [1.165, 1.54) is 103 Å². The number of ether oxygens (including phenoxy) is 6. The Bertz CT molecular complexity index is 1250. The molecule has 0 aromatic rings. The summed E-state index contributed by atoms with van der Waals surface area (Å²) in [6.45, 7) is 3.64. The van der Waals surface area contributed by atoms with Crippen LogP contribution in [0.3, 0.4) is 0 Å². The van der Waals surface area contributed by atoms with Crippen molar-refractivity contribution in [3.63, 3.8) is 0 Å². The van der Waals surface area contributed by atoms with E-state index in [1.54, 1.807) is 0 Å². The number of carbonyl (C=O) groups excluding carboxylic acids is 1. The molecular weight excluding hydrogens is 861 g/mol. The third-order valence-corrected chi connectivity index (χ3v) is 12.6. The molecule has 0 saturated carbocycles. The maximum absolute atomic E-state index is 13.0. The summed E-state index contributed by atoms with van der Waals surface area (Å²) < 4.78 is 34.3. The number of aliphatic hydroxyl groups excluding tert-OH is 7. The molecule has 2 aliphatic heterocycles. The highest BCUT2D eigenvalue weighted by Crippen LogP contribution is 2.26. The molecule has 0 spiro atoms. The number of allylic oxidation sites excluding steroid dienone is 6. The van der Waals surface area contributed by atoms with E-state index in [2.05, 4.69) is 50.3 Å². The highest BCUT2D eigenvalue weighted by Gasteiger charge is 2.47. The molecular formula is C53H96O14. The van der Waals surface area contributed by atoms with Crippen LogP contribution in [0.25, 0.3) is 0 Å². The molecule has 2 aliphatic rings. The summed E-state index contributed by atoms with van der Waals surface area (Å²) in [4.78, 5) is 13.0. The molecule has 14 heteroatoms. The SMILES string of the molecule is CCCCC/C=C\C/C=C\CCCCCCCCCCCCOCC(COC1OC(COC2OC(CO)C(O)C(O)C2O)C(O)C(O)C1O)OC(=O)CCCCCCC/C=C\CCCCCC. The van der Waals surface area contributed by atoms with Crippen LogP contribution < -0.4 is 0 Å². The first kappa shape index (κ1) is 61.3. The normalized spacial score (nSPS) is 26.3. The van der Waals surface area contributed by atoms with Crippen LogP contribution in [-0.2, 0) is 33.2 Å². The summed E-state index contributed by atoms with van der Waals surface area (Å²) >= 11 is 0. The maximum Gasteiger partial charge on any atom is 0.306 e. The summed E-state index contributed by atoms with van der Waals surface area (Å²) in [7, 11) is 0. The van der Waals surface area contributed by atoms with E-state index in [4.69, 9.17) is 28.4 Å².